The van der Waals surface area contributed by atoms with E-state index in [4.69, 9.17) is 0 Å². The van der Waals surface area contributed by atoms with Crippen LogP contribution in [0.4, 0.5) is 24.5 Å². The topological polar surface area (TPSA) is 62.3 Å². The smallest absolute Gasteiger partial charge is 0.322 e. The third kappa shape index (κ3) is 5.27. The zero-order chi connectivity index (χ0) is 26.2. The number of anilines is 2. The Morgan fingerprint density at radius 3 is 2.54 bits per heavy atom. The molecule has 0 spiro atoms. The molecule has 0 atom stereocenters. The molecule has 1 aliphatic rings. The Bertz CT molecular complexity index is 1480. The molecule has 4 aromatic rings. The zero-order valence-electron chi connectivity index (χ0n) is 19.8. The first-order valence-electron chi connectivity index (χ1n) is 11.6. The Kier molecular flexibility index (Phi) is 6.55. The van der Waals surface area contributed by atoms with Crippen molar-refractivity contribution in [1.29, 1.82) is 0 Å². The largest absolute Gasteiger partial charge is 0.416 e. The molecule has 1 aliphatic heterocycles. The van der Waals surface area contributed by atoms with Crippen molar-refractivity contribution in [3.8, 4) is 11.1 Å². The molecule has 2 amide bonds. The van der Waals surface area contributed by atoms with E-state index in [2.05, 4.69) is 10.3 Å². The van der Waals surface area contributed by atoms with Crippen LogP contribution in [0.25, 0.3) is 11.1 Å². The summed E-state index contributed by atoms with van der Waals surface area (Å²) in [6.07, 6.45) is -3.76. The highest BCUT2D eigenvalue weighted by Crippen LogP contribution is 2.35. The number of carbonyl (C=O) groups is 2. The number of halogens is 3. The second-order valence-electron chi connectivity index (χ2n) is 8.75. The molecule has 3 aromatic carbocycles. The van der Waals surface area contributed by atoms with Crippen molar-refractivity contribution in [1.82, 2.24) is 4.98 Å². The van der Waals surface area contributed by atoms with Crippen molar-refractivity contribution in [2.24, 2.45) is 0 Å². The summed E-state index contributed by atoms with van der Waals surface area (Å²) in [6, 6.07) is 17.2. The van der Waals surface area contributed by atoms with Gasteiger partial charge < -0.3 is 10.2 Å². The summed E-state index contributed by atoms with van der Waals surface area (Å²) >= 11 is 1.50. The van der Waals surface area contributed by atoms with E-state index < -0.39 is 17.6 Å². The summed E-state index contributed by atoms with van der Waals surface area (Å²) in [4.78, 5) is 32.1. The molecule has 5 rings (SSSR count). The number of amides is 2. The van der Waals surface area contributed by atoms with Crippen LogP contribution in [0, 0.1) is 6.92 Å². The molecule has 0 saturated heterocycles. The van der Waals surface area contributed by atoms with E-state index in [0.717, 1.165) is 34.1 Å². The Morgan fingerprint density at radius 2 is 1.84 bits per heavy atom. The number of alkyl halides is 3. The molecule has 0 bridgehead atoms. The highest BCUT2D eigenvalue weighted by molar-refractivity contribution is 7.09. The quantitative estimate of drug-likeness (QED) is 0.325. The van der Waals surface area contributed by atoms with Crippen LogP contribution in [-0.4, -0.2) is 23.3 Å². The molecule has 0 aliphatic carbocycles. The fraction of sp³-hybridized carbons (Fsp3) is 0.179. The third-order valence-electron chi connectivity index (χ3n) is 6.21. The number of fused-ring (bicyclic) bond motifs is 1. The van der Waals surface area contributed by atoms with Crippen LogP contribution in [0.2, 0.25) is 0 Å². The minimum atomic E-state index is -4.58. The van der Waals surface area contributed by atoms with Crippen LogP contribution in [0.15, 0.2) is 72.1 Å². The van der Waals surface area contributed by atoms with Crippen molar-refractivity contribution in [2.45, 2.75) is 25.9 Å². The molecule has 0 saturated carbocycles. The zero-order valence-corrected chi connectivity index (χ0v) is 20.6. The fourth-order valence-electron chi connectivity index (χ4n) is 4.45. The molecule has 0 fully saturated rings. The number of carbonyl (C=O) groups excluding carboxylic acids is 2. The molecule has 0 radical (unpaired) electrons. The average molecular weight is 522 g/mol. The van der Waals surface area contributed by atoms with Gasteiger partial charge in [-0.15, -0.1) is 11.3 Å². The van der Waals surface area contributed by atoms with Crippen molar-refractivity contribution in [3.63, 3.8) is 0 Å². The summed E-state index contributed by atoms with van der Waals surface area (Å²) in [5, 5.41) is 5.52. The van der Waals surface area contributed by atoms with Crippen molar-refractivity contribution in [3.05, 3.63) is 99.5 Å². The van der Waals surface area contributed by atoms with E-state index in [1.54, 1.807) is 53.4 Å². The van der Waals surface area contributed by atoms with Gasteiger partial charge in [-0.25, -0.2) is 4.98 Å². The van der Waals surface area contributed by atoms with Crippen LogP contribution in [0.3, 0.4) is 0 Å². The lowest BCUT2D eigenvalue weighted by atomic mass is 9.96. The first-order valence-corrected chi connectivity index (χ1v) is 12.5. The van der Waals surface area contributed by atoms with E-state index in [1.165, 1.54) is 17.4 Å². The van der Waals surface area contributed by atoms with Gasteiger partial charge in [-0.2, -0.15) is 13.2 Å². The monoisotopic (exact) mass is 521 g/mol. The lowest BCUT2D eigenvalue weighted by molar-refractivity contribution is -0.137. The van der Waals surface area contributed by atoms with Crippen LogP contribution in [0.5, 0.6) is 0 Å². The van der Waals surface area contributed by atoms with Gasteiger partial charge in [0.2, 0.25) is 5.91 Å². The van der Waals surface area contributed by atoms with E-state index in [1.807, 2.05) is 12.3 Å². The molecule has 37 heavy (non-hydrogen) atoms. The first kappa shape index (κ1) is 24.7. The van der Waals surface area contributed by atoms with Gasteiger partial charge in [0.1, 0.15) is 0 Å². The Hall–Kier alpha value is -3.98. The lowest BCUT2D eigenvalue weighted by Gasteiger charge is -2.17. The fourth-order valence-corrected chi connectivity index (χ4v) is 5.07. The third-order valence-corrected chi connectivity index (χ3v) is 7.03. The summed E-state index contributed by atoms with van der Waals surface area (Å²) < 4.78 is 40.2. The molecule has 5 nitrogen and oxygen atoms in total. The average Bonchev–Trinajstić information content (AvgIpc) is 3.49. The molecule has 188 valence electrons. The van der Waals surface area contributed by atoms with Gasteiger partial charge in [0, 0.05) is 28.9 Å². The number of aryl methyl sites for hydroxylation is 1. The number of thiazole rings is 1. The molecule has 1 aromatic heterocycles. The number of nitrogens with one attached hydrogen (secondary N) is 1. The summed E-state index contributed by atoms with van der Waals surface area (Å²) in [5.74, 6) is -0.702. The standard InChI is InChI=1S/C28H22F3N3O2S/c1-17-32-22(16-37-17)15-26(35)34-12-11-19-13-21(8-10-25(19)34)33-27(36)24-14-20(28(29,30)31)7-9-23(24)18-5-3-2-4-6-18/h2-10,13-14,16H,11-12,15H2,1H3,(H,33,36). The minimum absolute atomic E-state index is 0.0581. The molecular formula is C28H22F3N3O2S. The predicted molar refractivity (Wildman–Crippen MR) is 138 cm³/mol. The second kappa shape index (κ2) is 9.82. The lowest BCUT2D eigenvalue weighted by Crippen LogP contribution is -2.30. The van der Waals surface area contributed by atoms with Crippen LogP contribution in [-0.2, 0) is 23.8 Å². The minimum Gasteiger partial charge on any atom is -0.322 e. The summed E-state index contributed by atoms with van der Waals surface area (Å²) in [5.41, 5.74) is 2.91. The Morgan fingerprint density at radius 1 is 1.05 bits per heavy atom. The van der Waals surface area contributed by atoms with Gasteiger partial charge in [0.25, 0.3) is 5.91 Å². The van der Waals surface area contributed by atoms with Crippen molar-refractivity contribution >= 4 is 34.5 Å². The number of hydrogen-bond acceptors (Lipinski definition) is 4. The molecular weight excluding hydrogens is 499 g/mol. The van der Waals surface area contributed by atoms with Crippen molar-refractivity contribution in [2.75, 3.05) is 16.8 Å². The Balaban J connectivity index is 1.39. The van der Waals surface area contributed by atoms with Gasteiger partial charge in [0.15, 0.2) is 0 Å². The Labute approximate surface area is 215 Å². The molecule has 0 unspecified atom stereocenters. The first-order chi connectivity index (χ1) is 17.7. The van der Waals surface area contributed by atoms with Crippen LogP contribution in [0.1, 0.15) is 32.2 Å². The van der Waals surface area contributed by atoms with Gasteiger partial charge in [0.05, 0.1) is 22.7 Å². The highest BCUT2D eigenvalue weighted by Gasteiger charge is 2.32. The van der Waals surface area contributed by atoms with E-state index in [9.17, 15) is 22.8 Å². The number of nitrogens with zero attached hydrogens (tertiary/aromatic N) is 2. The summed E-state index contributed by atoms with van der Waals surface area (Å²) in [7, 11) is 0. The van der Waals surface area contributed by atoms with Gasteiger partial charge >= 0.3 is 6.18 Å². The molecule has 2 heterocycles. The van der Waals surface area contributed by atoms with E-state index in [0.29, 0.717) is 29.8 Å². The van der Waals surface area contributed by atoms with Gasteiger partial charge in [-0.1, -0.05) is 36.4 Å². The van der Waals surface area contributed by atoms with Gasteiger partial charge in [-0.05, 0) is 60.4 Å². The predicted octanol–water partition coefficient (Wildman–Crippen LogP) is 6.52. The van der Waals surface area contributed by atoms with Crippen LogP contribution >= 0.6 is 11.3 Å². The van der Waals surface area contributed by atoms with Crippen molar-refractivity contribution < 1.29 is 22.8 Å². The maximum absolute atomic E-state index is 13.4. The highest BCUT2D eigenvalue weighted by atomic mass is 32.1. The maximum Gasteiger partial charge on any atom is 0.416 e. The number of rotatable bonds is 5. The number of aromatic nitrogens is 1. The summed E-state index contributed by atoms with van der Waals surface area (Å²) in [6.45, 7) is 2.41. The molecule has 1 N–H and O–H groups in total. The number of hydrogen-bond donors (Lipinski definition) is 1. The molecule has 9 heteroatoms. The van der Waals surface area contributed by atoms with E-state index >= 15 is 0 Å². The maximum atomic E-state index is 13.4. The van der Waals surface area contributed by atoms with Crippen LogP contribution < -0.4 is 10.2 Å². The normalized spacial score (nSPS) is 12.9. The van der Waals surface area contributed by atoms with Gasteiger partial charge in [-0.3, -0.25) is 9.59 Å². The second-order valence-corrected chi connectivity index (χ2v) is 9.81. The van der Waals surface area contributed by atoms with E-state index in [-0.39, 0.29) is 17.9 Å². The number of benzene rings is 3. The SMILES string of the molecule is Cc1nc(CC(=O)N2CCc3cc(NC(=O)c4cc(C(F)(F)F)ccc4-c4ccccc4)ccc32)cs1.